The van der Waals surface area contributed by atoms with Crippen molar-refractivity contribution in [1.29, 1.82) is 0 Å². The summed E-state index contributed by atoms with van der Waals surface area (Å²) in [6, 6.07) is 5.30. The maximum Gasteiger partial charge on any atom is 0.171 e. The summed E-state index contributed by atoms with van der Waals surface area (Å²) in [7, 11) is 0. The van der Waals surface area contributed by atoms with Gasteiger partial charge in [0.1, 0.15) is 0 Å². The van der Waals surface area contributed by atoms with E-state index >= 15 is 0 Å². The third-order valence-electron chi connectivity index (χ3n) is 2.87. The summed E-state index contributed by atoms with van der Waals surface area (Å²) in [4.78, 5) is 4.23. The van der Waals surface area contributed by atoms with E-state index in [1.165, 1.54) is 0 Å². The number of nitrogens with two attached hydrogens (primary N) is 1. The summed E-state index contributed by atoms with van der Waals surface area (Å²) >= 11 is 6.11. The summed E-state index contributed by atoms with van der Waals surface area (Å²) in [5.41, 5.74) is 8.90. The number of halogens is 1. The first-order chi connectivity index (χ1) is 8.54. The molecule has 1 heterocycles. The highest BCUT2D eigenvalue weighted by Crippen LogP contribution is 2.21. The van der Waals surface area contributed by atoms with E-state index in [0.29, 0.717) is 10.6 Å². The van der Waals surface area contributed by atoms with Gasteiger partial charge in [0.2, 0.25) is 0 Å². The van der Waals surface area contributed by atoms with E-state index in [1.54, 1.807) is 18.5 Å². The molecule has 0 radical (unpaired) electrons. The lowest BCUT2D eigenvalue weighted by Gasteiger charge is -2.08. The molecule has 18 heavy (non-hydrogen) atoms. The van der Waals surface area contributed by atoms with Crippen molar-refractivity contribution in [1.82, 2.24) is 9.55 Å². The molecule has 6 heteroatoms. The molecule has 0 aliphatic heterocycles. The lowest BCUT2D eigenvalue weighted by molar-refractivity contribution is 0.318. The molecule has 0 bridgehead atoms. The van der Waals surface area contributed by atoms with Crippen molar-refractivity contribution in [3.8, 4) is 5.69 Å². The highest BCUT2D eigenvalue weighted by molar-refractivity contribution is 6.34. The van der Waals surface area contributed by atoms with Gasteiger partial charge in [-0.05, 0) is 32.0 Å². The van der Waals surface area contributed by atoms with Crippen LogP contribution < -0.4 is 5.73 Å². The molecule has 2 rings (SSSR count). The van der Waals surface area contributed by atoms with Gasteiger partial charge in [0.15, 0.2) is 5.84 Å². The average Bonchev–Trinajstić information content (AvgIpc) is 2.69. The van der Waals surface area contributed by atoms with E-state index in [1.807, 2.05) is 24.5 Å². The van der Waals surface area contributed by atoms with Crippen LogP contribution in [0.2, 0.25) is 5.02 Å². The van der Waals surface area contributed by atoms with Crippen LogP contribution in [-0.4, -0.2) is 20.6 Å². The van der Waals surface area contributed by atoms with Crippen LogP contribution >= 0.6 is 11.6 Å². The molecule has 0 unspecified atom stereocenters. The Morgan fingerprint density at radius 3 is 2.67 bits per heavy atom. The fraction of sp³-hybridized carbons (Fsp3) is 0.167. The molecule has 0 saturated heterocycles. The number of nitrogens with zero attached hydrogens (tertiary/aromatic N) is 3. The van der Waals surface area contributed by atoms with Crippen molar-refractivity contribution in [2.45, 2.75) is 13.8 Å². The first kappa shape index (κ1) is 12.4. The number of rotatable bonds is 2. The summed E-state index contributed by atoms with van der Waals surface area (Å²) in [6.45, 7) is 3.92. The van der Waals surface area contributed by atoms with Gasteiger partial charge >= 0.3 is 0 Å². The molecule has 5 nitrogen and oxygen atoms in total. The molecule has 2 aromatic rings. The smallest absolute Gasteiger partial charge is 0.171 e. The van der Waals surface area contributed by atoms with Crippen LogP contribution in [-0.2, 0) is 0 Å². The maximum atomic E-state index is 8.64. The monoisotopic (exact) mass is 264 g/mol. The number of aryl methyl sites for hydroxylation is 1. The van der Waals surface area contributed by atoms with Gasteiger partial charge < -0.3 is 15.5 Å². The van der Waals surface area contributed by atoms with Gasteiger partial charge in [-0.2, -0.15) is 0 Å². The van der Waals surface area contributed by atoms with Crippen LogP contribution in [0.25, 0.3) is 5.69 Å². The van der Waals surface area contributed by atoms with Gasteiger partial charge in [-0.25, -0.2) is 4.98 Å². The van der Waals surface area contributed by atoms with Crippen molar-refractivity contribution in [2.75, 3.05) is 0 Å². The molecule has 3 N–H and O–H groups in total. The zero-order chi connectivity index (χ0) is 13.3. The molecule has 1 aromatic carbocycles. The molecule has 1 aromatic heterocycles. The lowest BCUT2D eigenvalue weighted by atomic mass is 10.2. The van der Waals surface area contributed by atoms with Crippen molar-refractivity contribution in [3.05, 3.63) is 46.5 Å². The Kier molecular flexibility index (Phi) is 3.25. The third kappa shape index (κ3) is 2.04. The second kappa shape index (κ2) is 4.70. The Hall–Kier alpha value is -2.01. The number of amidine groups is 1. The zero-order valence-electron chi connectivity index (χ0n) is 10.1. The Morgan fingerprint density at radius 1 is 1.44 bits per heavy atom. The third-order valence-corrected chi connectivity index (χ3v) is 3.18. The average molecular weight is 265 g/mol. The zero-order valence-corrected chi connectivity index (χ0v) is 10.8. The second-order valence-electron chi connectivity index (χ2n) is 3.93. The van der Waals surface area contributed by atoms with E-state index in [4.69, 9.17) is 22.5 Å². The van der Waals surface area contributed by atoms with Gasteiger partial charge in [-0.3, -0.25) is 0 Å². The van der Waals surface area contributed by atoms with E-state index in [9.17, 15) is 0 Å². The van der Waals surface area contributed by atoms with E-state index in [0.717, 1.165) is 17.1 Å². The predicted octanol–water partition coefficient (Wildman–Crippen LogP) is 2.24. The minimum Gasteiger partial charge on any atom is -0.409 e. The van der Waals surface area contributed by atoms with E-state index in [2.05, 4.69) is 10.1 Å². The van der Waals surface area contributed by atoms with Crippen LogP contribution in [0.3, 0.4) is 0 Å². The molecule has 0 amide bonds. The van der Waals surface area contributed by atoms with Gasteiger partial charge in [-0.1, -0.05) is 16.8 Å². The SMILES string of the molecule is Cc1ncn(-c2ccc(C(N)=NO)c(Cl)c2)c1C. The number of oxime groups is 1. The normalized spacial score (nSPS) is 11.8. The molecule has 0 aliphatic carbocycles. The standard InChI is InChI=1S/C12H13ClN4O/c1-7-8(2)17(6-15-7)9-3-4-10(11(13)5-9)12(14)16-18/h3-6,18H,1-2H3,(H2,14,16). The van der Waals surface area contributed by atoms with E-state index in [-0.39, 0.29) is 5.84 Å². The quantitative estimate of drug-likeness (QED) is 0.378. The molecule has 94 valence electrons. The molecular formula is C12H13ClN4O. The summed E-state index contributed by atoms with van der Waals surface area (Å²) in [5.74, 6) is -0.00918. The van der Waals surface area contributed by atoms with Crippen molar-refractivity contribution >= 4 is 17.4 Å². The van der Waals surface area contributed by atoms with Crippen LogP contribution in [0.4, 0.5) is 0 Å². The first-order valence-electron chi connectivity index (χ1n) is 5.33. The molecule has 0 aliphatic rings. The van der Waals surface area contributed by atoms with Crippen molar-refractivity contribution < 1.29 is 5.21 Å². The number of aromatic nitrogens is 2. The number of hydrogen-bond acceptors (Lipinski definition) is 3. The Bertz CT molecular complexity index is 619. The highest BCUT2D eigenvalue weighted by Gasteiger charge is 2.09. The van der Waals surface area contributed by atoms with Gasteiger partial charge in [-0.15, -0.1) is 0 Å². The van der Waals surface area contributed by atoms with Gasteiger partial charge in [0.05, 0.1) is 17.0 Å². The molecule has 0 spiro atoms. The molecular weight excluding hydrogens is 252 g/mol. The van der Waals surface area contributed by atoms with Gasteiger partial charge in [0.25, 0.3) is 0 Å². The van der Waals surface area contributed by atoms with Crippen LogP contribution in [0, 0.1) is 13.8 Å². The fourth-order valence-electron chi connectivity index (χ4n) is 1.67. The van der Waals surface area contributed by atoms with Crippen molar-refractivity contribution in [2.24, 2.45) is 10.9 Å². The Labute approximate surface area is 110 Å². The minimum atomic E-state index is -0.00918. The number of hydrogen-bond donors (Lipinski definition) is 2. The second-order valence-corrected chi connectivity index (χ2v) is 4.34. The number of benzene rings is 1. The lowest BCUT2D eigenvalue weighted by Crippen LogP contribution is -2.13. The maximum absolute atomic E-state index is 8.64. The van der Waals surface area contributed by atoms with Crippen LogP contribution in [0.15, 0.2) is 29.7 Å². The number of imidazole rings is 1. The fourth-order valence-corrected chi connectivity index (χ4v) is 1.95. The Morgan fingerprint density at radius 2 is 2.17 bits per heavy atom. The first-order valence-corrected chi connectivity index (χ1v) is 5.70. The highest BCUT2D eigenvalue weighted by atomic mass is 35.5. The predicted molar refractivity (Wildman–Crippen MR) is 70.6 cm³/mol. The molecule has 0 fully saturated rings. The van der Waals surface area contributed by atoms with Crippen LogP contribution in [0.5, 0.6) is 0 Å². The molecule has 0 saturated carbocycles. The summed E-state index contributed by atoms with van der Waals surface area (Å²) < 4.78 is 1.93. The van der Waals surface area contributed by atoms with Gasteiger partial charge in [0, 0.05) is 16.9 Å². The van der Waals surface area contributed by atoms with Crippen LogP contribution in [0.1, 0.15) is 17.0 Å². The van der Waals surface area contributed by atoms with Crippen molar-refractivity contribution in [3.63, 3.8) is 0 Å². The topological polar surface area (TPSA) is 76.4 Å². The minimum absolute atomic E-state index is 0.00918. The Balaban J connectivity index is 2.50. The summed E-state index contributed by atoms with van der Waals surface area (Å²) in [5, 5.41) is 12.0. The van der Waals surface area contributed by atoms with E-state index < -0.39 is 0 Å². The molecule has 0 atom stereocenters. The summed E-state index contributed by atoms with van der Waals surface area (Å²) in [6.07, 6.45) is 1.74. The largest absolute Gasteiger partial charge is 0.409 e.